The molecule has 0 aromatic carbocycles. The van der Waals surface area contributed by atoms with E-state index in [1.807, 2.05) is 0 Å². The van der Waals surface area contributed by atoms with Gasteiger partial charge in [0.1, 0.15) is 5.25 Å². The summed E-state index contributed by atoms with van der Waals surface area (Å²) >= 11 is 1.29. The Balaban J connectivity index is 1.97. The highest BCUT2D eigenvalue weighted by molar-refractivity contribution is 8.15. The predicted octanol–water partition coefficient (Wildman–Crippen LogP) is 0.555. The summed E-state index contributed by atoms with van der Waals surface area (Å²) in [5, 5.41) is 8.81. The number of carbonyl (C=O) groups is 2. The van der Waals surface area contributed by atoms with E-state index in [9.17, 15) is 9.59 Å². The Hall–Kier alpha value is -1.04. The number of carbonyl (C=O) groups excluding carboxylic acids is 1. The average molecular weight is 228 g/mol. The highest BCUT2D eigenvalue weighted by Crippen LogP contribution is 2.28. The van der Waals surface area contributed by atoms with E-state index < -0.39 is 11.2 Å². The van der Waals surface area contributed by atoms with E-state index in [1.165, 1.54) is 11.8 Å². The Morgan fingerprint density at radius 2 is 2.20 bits per heavy atom. The van der Waals surface area contributed by atoms with E-state index in [0.717, 1.165) is 25.9 Å². The van der Waals surface area contributed by atoms with Crippen LogP contribution in [0.15, 0.2) is 4.99 Å². The molecular weight excluding hydrogens is 216 g/mol. The molecule has 0 aromatic rings. The lowest BCUT2D eigenvalue weighted by molar-refractivity contribution is -0.138. The van der Waals surface area contributed by atoms with Crippen LogP contribution in [0.2, 0.25) is 0 Å². The fourth-order valence-electron chi connectivity index (χ4n) is 1.71. The molecule has 2 rings (SSSR count). The van der Waals surface area contributed by atoms with Crippen LogP contribution in [0.1, 0.15) is 19.3 Å². The summed E-state index contributed by atoms with van der Waals surface area (Å²) in [6.45, 7) is 1.86. The van der Waals surface area contributed by atoms with Gasteiger partial charge in [0.15, 0.2) is 5.17 Å². The van der Waals surface area contributed by atoms with E-state index in [4.69, 9.17) is 5.11 Å². The molecule has 6 heteroatoms. The number of amides is 1. The van der Waals surface area contributed by atoms with Crippen molar-refractivity contribution in [1.29, 1.82) is 0 Å². The van der Waals surface area contributed by atoms with Crippen LogP contribution in [0, 0.1) is 0 Å². The van der Waals surface area contributed by atoms with Crippen molar-refractivity contribution >= 4 is 28.8 Å². The van der Waals surface area contributed by atoms with Gasteiger partial charge >= 0.3 is 5.97 Å². The van der Waals surface area contributed by atoms with Crippen LogP contribution < -0.4 is 0 Å². The summed E-state index contributed by atoms with van der Waals surface area (Å²) in [5.41, 5.74) is 0. The Morgan fingerprint density at radius 3 is 2.80 bits per heavy atom. The minimum Gasteiger partial charge on any atom is -0.481 e. The fourth-order valence-corrected chi connectivity index (χ4v) is 2.82. The molecular formula is C9H12N2O3S. The lowest BCUT2D eigenvalue weighted by atomic mass is 10.3. The number of carboxylic acid groups (broad SMARTS) is 1. The Kier molecular flexibility index (Phi) is 2.95. The van der Waals surface area contributed by atoms with Crippen LogP contribution in [0.25, 0.3) is 0 Å². The van der Waals surface area contributed by atoms with Gasteiger partial charge in [-0.05, 0) is 12.8 Å². The Morgan fingerprint density at radius 1 is 1.53 bits per heavy atom. The largest absolute Gasteiger partial charge is 0.481 e. The summed E-state index contributed by atoms with van der Waals surface area (Å²) in [5.74, 6) is -1.25. The summed E-state index contributed by atoms with van der Waals surface area (Å²) in [7, 11) is 0. The molecule has 2 aliphatic heterocycles. The van der Waals surface area contributed by atoms with Crippen LogP contribution in [-0.2, 0) is 9.59 Å². The van der Waals surface area contributed by atoms with Crippen molar-refractivity contribution in [3.63, 3.8) is 0 Å². The Bertz CT molecular complexity index is 323. The minimum atomic E-state index is -0.946. The van der Waals surface area contributed by atoms with Gasteiger partial charge in [-0.25, -0.2) is 0 Å². The number of aliphatic imine (C=N–C) groups is 1. The third-order valence-corrected chi connectivity index (χ3v) is 3.68. The van der Waals surface area contributed by atoms with Gasteiger partial charge in [0, 0.05) is 13.1 Å². The van der Waals surface area contributed by atoms with Crippen LogP contribution in [0.4, 0.5) is 0 Å². The molecule has 1 fully saturated rings. The lowest BCUT2D eigenvalue weighted by Gasteiger charge is -2.15. The molecule has 0 unspecified atom stereocenters. The molecule has 0 spiro atoms. The van der Waals surface area contributed by atoms with Gasteiger partial charge in [-0.3, -0.25) is 9.59 Å². The van der Waals surface area contributed by atoms with Gasteiger partial charge in [-0.2, -0.15) is 4.99 Å². The second-order valence-electron chi connectivity index (χ2n) is 3.63. The van der Waals surface area contributed by atoms with Gasteiger partial charge in [-0.1, -0.05) is 11.8 Å². The third kappa shape index (κ3) is 2.31. The number of carboxylic acids is 1. The number of hydrogen-bond acceptors (Lipinski definition) is 4. The van der Waals surface area contributed by atoms with Crippen LogP contribution >= 0.6 is 11.8 Å². The first-order valence-corrected chi connectivity index (χ1v) is 5.81. The molecule has 0 aliphatic carbocycles. The predicted molar refractivity (Wildman–Crippen MR) is 56.9 cm³/mol. The first-order valence-electron chi connectivity index (χ1n) is 4.93. The molecule has 5 nitrogen and oxygen atoms in total. The first-order chi connectivity index (χ1) is 7.16. The van der Waals surface area contributed by atoms with Crippen LogP contribution in [0.3, 0.4) is 0 Å². The van der Waals surface area contributed by atoms with E-state index in [2.05, 4.69) is 9.89 Å². The number of thioether (sulfide) groups is 1. The maximum atomic E-state index is 11.4. The molecule has 1 saturated heterocycles. The normalized spacial score (nSPS) is 25.9. The number of likely N-dealkylation sites (tertiary alicyclic amines) is 1. The van der Waals surface area contributed by atoms with E-state index >= 15 is 0 Å². The molecule has 1 amide bonds. The zero-order valence-electron chi connectivity index (χ0n) is 8.18. The van der Waals surface area contributed by atoms with Gasteiger partial charge < -0.3 is 10.0 Å². The zero-order chi connectivity index (χ0) is 10.8. The van der Waals surface area contributed by atoms with Gasteiger partial charge in [0.05, 0.1) is 6.42 Å². The molecule has 2 aliphatic rings. The standard InChI is InChI=1S/C9H12N2O3S/c12-7(13)5-6-8(14)10-9(15-6)11-3-1-2-4-11/h6H,1-5H2,(H,12,13)/t6-/m0/s1. The molecule has 0 saturated carbocycles. The van der Waals surface area contributed by atoms with Crippen molar-refractivity contribution in [3.8, 4) is 0 Å². The number of hydrogen-bond donors (Lipinski definition) is 1. The number of amidine groups is 1. The molecule has 0 bridgehead atoms. The van der Waals surface area contributed by atoms with Crippen molar-refractivity contribution < 1.29 is 14.7 Å². The van der Waals surface area contributed by atoms with Gasteiger partial charge in [0.25, 0.3) is 5.91 Å². The van der Waals surface area contributed by atoms with Crippen molar-refractivity contribution in [2.75, 3.05) is 13.1 Å². The van der Waals surface area contributed by atoms with Crippen LogP contribution in [0.5, 0.6) is 0 Å². The molecule has 1 atom stereocenters. The highest BCUT2D eigenvalue weighted by Gasteiger charge is 2.33. The fraction of sp³-hybridized carbons (Fsp3) is 0.667. The van der Waals surface area contributed by atoms with Crippen molar-refractivity contribution in [3.05, 3.63) is 0 Å². The maximum Gasteiger partial charge on any atom is 0.305 e. The topological polar surface area (TPSA) is 70.0 Å². The van der Waals surface area contributed by atoms with Crippen molar-refractivity contribution in [1.82, 2.24) is 4.90 Å². The molecule has 15 heavy (non-hydrogen) atoms. The molecule has 0 radical (unpaired) electrons. The van der Waals surface area contributed by atoms with E-state index in [1.54, 1.807) is 0 Å². The molecule has 1 N–H and O–H groups in total. The highest BCUT2D eigenvalue weighted by atomic mass is 32.2. The summed E-state index contributed by atoms with van der Waals surface area (Å²) in [4.78, 5) is 27.8. The minimum absolute atomic E-state index is 0.135. The second kappa shape index (κ2) is 4.22. The summed E-state index contributed by atoms with van der Waals surface area (Å²) in [6.07, 6.45) is 2.11. The number of nitrogens with zero attached hydrogens (tertiary/aromatic N) is 2. The zero-order valence-corrected chi connectivity index (χ0v) is 9.00. The Labute approximate surface area is 91.5 Å². The maximum absolute atomic E-state index is 11.4. The monoisotopic (exact) mass is 228 g/mol. The summed E-state index contributed by atoms with van der Waals surface area (Å²) in [6, 6.07) is 0. The van der Waals surface area contributed by atoms with Crippen LogP contribution in [-0.4, -0.2) is 45.4 Å². The van der Waals surface area contributed by atoms with Gasteiger partial charge in [0.2, 0.25) is 0 Å². The first kappa shape index (κ1) is 10.5. The van der Waals surface area contributed by atoms with Crippen molar-refractivity contribution in [2.24, 2.45) is 4.99 Å². The van der Waals surface area contributed by atoms with Gasteiger partial charge in [-0.15, -0.1) is 0 Å². The lowest BCUT2D eigenvalue weighted by Crippen LogP contribution is -2.24. The summed E-state index contributed by atoms with van der Waals surface area (Å²) < 4.78 is 0. The molecule has 2 heterocycles. The van der Waals surface area contributed by atoms with Crippen molar-refractivity contribution in [2.45, 2.75) is 24.5 Å². The molecule has 82 valence electrons. The number of aliphatic carboxylic acids is 1. The quantitative estimate of drug-likeness (QED) is 0.747. The number of rotatable bonds is 2. The van der Waals surface area contributed by atoms with E-state index in [0.29, 0.717) is 5.17 Å². The average Bonchev–Trinajstić information content (AvgIpc) is 2.75. The third-order valence-electron chi connectivity index (χ3n) is 2.47. The second-order valence-corrected chi connectivity index (χ2v) is 4.80. The smallest absolute Gasteiger partial charge is 0.305 e. The molecule has 0 aromatic heterocycles. The van der Waals surface area contributed by atoms with E-state index in [-0.39, 0.29) is 12.3 Å². The SMILES string of the molecule is O=C(O)C[C@@H]1SC(N2CCCC2)=NC1=O.